The number of aliphatic hydroxyl groups is 1. The third-order valence-corrected chi connectivity index (χ3v) is 2.45. The number of Topliss-reactive ketones (excluding diaryl/α,β-unsaturated/α-hetero) is 1. The zero-order chi connectivity index (χ0) is 11.6. The van der Waals surface area contributed by atoms with E-state index in [-0.39, 0.29) is 36.6 Å². The Balaban J connectivity index is 3.06. The van der Waals surface area contributed by atoms with Gasteiger partial charge in [-0.1, -0.05) is 13.8 Å². The molecule has 0 heterocycles. The molecule has 1 rings (SSSR count). The average Bonchev–Trinajstić information content (AvgIpc) is 1.99. The fourth-order valence-corrected chi connectivity index (χ4v) is 1.91. The molecule has 0 aromatic rings. The zero-order valence-corrected chi connectivity index (χ0v) is 9.29. The molecule has 0 saturated heterocycles. The lowest BCUT2D eigenvalue weighted by molar-refractivity contribution is -0.140. The fourth-order valence-electron chi connectivity index (χ4n) is 1.91. The minimum atomic E-state index is -0.633. The summed E-state index contributed by atoms with van der Waals surface area (Å²) in [6.07, 6.45) is 0.211. The summed E-state index contributed by atoms with van der Waals surface area (Å²) < 4.78 is 4.85. The summed E-state index contributed by atoms with van der Waals surface area (Å²) in [5, 5.41) is 9.63. The minimum absolute atomic E-state index is 0.0504. The van der Waals surface area contributed by atoms with E-state index >= 15 is 0 Å². The van der Waals surface area contributed by atoms with Gasteiger partial charge in [-0.25, -0.2) is 4.79 Å². The van der Waals surface area contributed by atoms with Gasteiger partial charge in [-0.15, -0.1) is 0 Å². The largest absolute Gasteiger partial charge is 0.511 e. The average molecular weight is 212 g/mol. The molecular weight excluding hydrogens is 196 g/mol. The Kier molecular flexibility index (Phi) is 3.17. The SMILES string of the molecule is CCOC(=O)C1=C(O)CC(=O)CC1(C)C. The fraction of sp³-hybridized carbons (Fsp3) is 0.636. The second kappa shape index (κ2) is 4.04. The van der Waals surface area contributed by atoms with Crippen LogP contribution in [0.2, 0.25) is 0 Å². The lowest BCUT2D eigenvalue weighted by Gasteiger charge is -2.30. The van der Waals surface area contributed by atoms with E-state index < -0.39 is 11.4 Å². The van der Waals surface area contributed by atoms with Gasteiger partial charge in [-0.05, 0) is 6.92 Å². The van der Waals surface area contributed by atoms with Crippen LogP contribution in [0.4, 0.5) is 0 Å². The standard InChI is InChI=1S/C11H16O4/c1-4-15-10(14)9-8(13)5-7(12)6-11(9,2)3/h13H,4-6H2,1-3H3. The van der Waals surface area contributed by atoms with Crippen LogP contribution < -0.4 is 0 Å². The summed E-state index contributed by atoms with van der Waals surface area (Å²) in [6, 6.07) is 0. The summed E-state index contributed by atoms with van der Waals surface area (Å²) in [5.41, 5.74) is -0.393. The molecular formula is C11H16O4. The number of esters is 1. The maximum Gasteiger partial charge on any atom is 0.337 e. The molecule has 0 aliphatic heterocycles. The van der Waals surface area contributed by atoms with Crippen LogP contribution in [0.3, 0.4) is 0 Å². The van der Waals surface area contributed by atoms with E-state index in [1.54, 1.807) is 20.8 Å². The Labute approximate surface area is 88.9 Å². The van der Waals surface area contributed by atoms with E-state index in [0.29, 0.717) is 0 Å². The molecule has 0 unspecified atom stereocenters. The predicted molar refractivity (Wildman–Crippen MR) is 54.3 cm³/mol. The van der Waals surface area contributed by atoms with Gasteiger partial charge in [0.2, 0.25) is 0 Å². The topological polar surface area (TPSA) is 63.6 Å². The second-order valence-corrected chi connectivity index (χ2v) is 4.32. The quantitative estimate of drug-likeness (QED) is 0.708. The highest BCUT2D eigenvalue weighted by Crippen LogP contribution is 2.38. The van der Waals surface area contributed by atoms with Crippen LogP contribution in [0.15, 0.2) is 11.3 Å². The lowest BCUT2D eigenvalue weighted by atomic mass is 9.74. The Hall–Kier alpha value is -1.32. The maximum atomic E-state index is 11.6. The number of allylic oxidation sites excluding steroid dienone is 1. The van der Waals surface area contributed by atoms with Gasteiger partial charge in [-0.3, -0.25) is 4.79 Å². The van der Waals surface area contributed by atoms with E-state index in [4.69, 9.17) is 4.74 Å². The van der Waals surface area contributed by atoms with Crippen LogP contribution in [0, 0.1) is 5.41 Å². The maximum absolute atomic E-state index is 11.6. The molecule has 0 radical (unpaired) electrons. The minimum Gasteiger partial charge on any atom is -0.511 e. The van der Waals surface area contributed by atoms with Crippen LogP contribution >= 0.6 is 0 Å². The molecule has 15 heavy (non-hydrogen) atoms. The van der Waals surface area contributed by atoms with Gasteiger partial charge < -0.3 is 9.84 Å². The monoisotopic (exact) mass is 212 g/mol. The first kappa shape index (κ1) is 11.8. The molecule has 0 aromatic carbocycles. The molecule has 1 aliphatic carbocycles. The number of hydrogen-bond acceptors (Lipinski definition) is 4. The molecule has 0 saturated carbocycles. The second-order valence-electron chi connectivity index (χ2n) is 4.32. The zero-order valence-electron chi connectivity index (χ0n) is 9.29. The van der Waals surface area contributed by atoms with Gasteiger partial charge in [0, 0.05) is 11.8 Å². The van der Waals surface area contributed by atoms with Crippen LogP contribution in [-0.2, 0) is 14.3 Å². The number of ether oxygens (including phenoxy) is 1. The summed E-state index contributed by atoms with van der Waals surface area (Å²) in [5.74, 6) is -0.715. The smallest absolute Gasteiger partial charge is 0.337 e. The molecule has 4 heteroatoms. The summed E-state index contributed by atoms with van der Waals surface area (Å²) in [4.78, 5) is 22.8. The lowest BCUT2D eigenvalue weighted by Crippen LogP contribution is -2.32. The molecule has 84 valence electrons. The number of hydrogen-bond donors (Lipinski definition) is 1. The Morgan fingerprint density at radius 1 is 1.53 bits per heavy atom. The Morgan fingerprint density at radius 2 is 2.13 bits per heavy atom. The van der Waals surface area contributed by atoms with Crippen molar-refractivity contribution in [2.75, 3.05) is 6.61 Å². The number of aliphatic hydroxyl groups excluding tert-OH is 1. The van der Waals surface area contributed by atoms with Gasteiger partial charge in [0.15, 0.2) is 0 Å². The summed E-state index contributed by atoms with van der Waals surface area (Å²) in [7, 11) is 0. The van der Waals surface area contributed by atoms with Gasteiger partial charge in [0.25, 0.3) is 0 Å². The van der Waals surface area contributed by atoms with Gasteiger partial charge in [0.05, 0.1) is 18.6 Å². The molecule has 0 amide bonds. The molecule has 0 atom stereocenters. The van der Waals surface area contributed by atoms with E-state index in [9.17, 15) is 14.7 Å². The first-order valence-corrected chi connectivity index (χ1v) is 5.00. The molecule has 0 fully saturated rings. The van der Waals surface area contributed by atoms with Crippen LogP contribution in [-0.4, -0.2) is 23.5 Å². The number of rotatable bonds is 2. The third kappa shape index (κ3) is 2.37. The number of ketones is 1. The first-order valence-electron chi connectivity index (χ1n) is 5.00. The van der Waals surface area contributed by atoms with Gasteiger partial charge >= 0.3 is 5.97 Å². The highest BCUT2D eigenvalue weighted by molar-refractivity contribution is 5.95. The van der Waals surface area contributed by atoms with E-state index in [1.165, 1.54) is 0 Å². The van der Waals surface area contributed by atoms with Crippen molar-refractivity contribution in [3.8, 4) is 0 Å². The summed E-state index contributed by atoms with van der Waals surface area (Å²) >= 11 is 0. The van der Waals surface area contributed by atoms with E-state index in [0.717, 1.165) is 0 Å². The van der Waals surface area contributed by atoms with Crippen molar-refractivity contribution in [3.05, 3.63) is 11.3 Å². The van der Waals surface area contributed by atoms with Gasteiger partial charge in [0.1, 0.15) is 11.5 Å². The molecule has 0 aromatic heterocycles. The highest BCUT2D eigenvalue weighted by Gasteiger charge is 2.39. The first-order chi connectivity index (χ1) is 6.88. The summed E-state index contributed by atoms with van der Waals surface area (Å²) in [6.45, 7) is 5.48. The third-order valence-electron chi connectivity index (χ3n) is 2.45. The van der Waals surface area contributed by atoms with Crippen molar-refractivity contribution in [1.82, 2.24) is 0 Å². The molecule has 1 aliphatic rings. The van der Waals surface area contributed by atoms with Crippen molar-refractivity contribution in [2.45, 2.75) is 33.6 Å². The van der Waals surface area contributed by atoms with Crippen molar-refractivity contribution < 1.29 is 19.4 Å². The Morgan fingerprint density at radius 3 is 2.60 bits per heavy atom. The number of carbonyl (C=O) groups is 2. The van der Waals surface area contributed by atoms with E-state index in [2.05, 4.69) is 0 Å². The van der Waals surface area contributed by atoms with Gasteiger partial charge in [-0.2, -0.15) is 0 Å². The van der Waals surface area contributed by atoms with Crippen LogP contribution in [0.25, 0.3) is 0 Å². The predicted octanol–water partition coefficient (Wildman–Crippen LogP) is 1.75. The van der Waals surface area contributed by atoms with Crippen molar-refractivity contribution >= 4 is 11.8 Å². The highest BCUT2D eigenvalue weighted by atomic mass is 16.5. The molecule has 4 nitrogen and oxygen atoms in total. The molecule has 0 spiro atoms. The molecule has 1 N–H and O–H groups in total. The normalized spacial score (nSPS) is 20.3. The van der Waals surface area contributed by atoms with Crippen molar-refractivity contribution in [3.63, 3.8) is 0 Å². The number of carbonyl (C=O) groups excluding carboxylic acids is 2. The van der Waals surface area contributed by atoms with Crippen molar-refractivity contribution in [2.24, 2.45) is 5.41 Å². The van der Waals surface area contributed by atoms with Crippen LogP contribution in [0.5, 0.6) is 0 Å². The van der Waals surface area contributed by atoms with Crippen molar-refractivity contribution in [1.29, 1.82) is 0 Å². The Bertz CT molecular complexity index is 325. The van der Waals surface area contributed by atoms with E-state index in [1.807, 2.05) is 0 Å². The van der Waals surface area contributed by atoms with Crippen LogP contribution in [0.1, 0.15) is 33.6 Å². The molecule has 0 bridgehead atoms.